The number of hydrogen-bond acceptors (Lipinski definition) is 5. The van der Waals surface area contributed by atoms with E-state index in [2.05, 4.69) is 15.3 Å². The fourth-order valence-electron chi connectivity index (χ4n) is 1.24. The summed E-state index contributed by atoms with van der Waals surface area (Å²) >= 11 is 0. The number of aliphatic carboxylic acids is 1. The van der Waals surface area contributed by atoms with Crippen molar-refractivity contribution in [3.63, 3.8) is 0 Å². The minimum absolute atomic E-state index is 0.378. The average molecular weight is 253 g/mol. The fourth-order valence-corrected chi connectivity index (χ4v) is 1.24. The molecule has 0 spiro atoms. The summed E-state index contributed by atoms with van der Waals surface area (Å²) in [5, 5.41) is 11.7. The monoisotopic (exact) mass is 253 g/mol. The van der Waals surface area contributed by atoms with E-state index in [0.29, 0.717) is 31.4 Å². The van der Waals surface area contributed by atoms with E-state index in [1.165, 1.54) is 0 Å². The van der Waals surface area contributed by atoms with Crippen LogP contribution in [0.2, 0.25) is 0 Å². The Morgan fingerprint density at radius 3 is 3.06 bits per heavy atom. The molecule has 1 atom stereocenters. The summed E-state index contributed by atoms with van der Waals surface area (Å²) in [4.78, 5) is 18.8. The number of aromatic nitrogens is 2. The summed E-state index contributed by atoms with van der Waals surface area (Å²) in [6.07, 6.45) is 3.06. The normalized spacial score (nSPS) is 11.9. The first kappa shape index (κ1) is 14.2. The molecule has 0 amide bonds. The number of anilines is 1. The summed E-state index contributed by atoms with van der Waals surface area (Å²) in [6.45, 7) is 4.83. The van der Waals surface area contributed by atoms with Gasteiger partial charge in [-0.2, -0.15) is 4.98 Å². The summed E-state index contributed by atoms with van der Waals surface area (Å²) in [6, 6.07) is 1.70. The first-order chi connectivity index (χ1) is 8.63. The van der Waals surface area contributed by atoms with Crippen molar-refractivity contribution in [3.8, 4) is 5.88 Å². The molecule has 1 heterocycles. The lowest BCUT2D eigenvalue weighted by Crippen LogP contribution is -2.15. The van der Waals surface area contributed by atoms with Gasteiger partial charge in [-0.05, 0) is 12.8 Å². The van der Waals surface area contributed by atoms with Gasteiger partial charge in [0.05, 0.1) is 12.5 Å². The molecule has 6 heteroatoms. The van der Waals surface area contributed by atoms with Crippen molar-refractivity contribution in [1.82, 2.24) is 9.97 Å². The molecule has 0 saturated heterocycles. The van der Waals surface area contributed by atoms with Crippen LogP contribution < -0.4 is 10.1 Å². The molecule has 1 unspecified atom stereocenters. The van der Waals surface area contributed by atoms with E-state index in [0.717, 1.165) is 6.42 Å². The number of nitrogens with one attached hydrogen (secondary N) is 1. The number of ether oxygens (including phenoxy) is 1. The first-order valence-electron chi connectivity index (χ1n) is 6.06. The molecular weight excluding hydrogens is 234 g/mol. The van der Waals surface area contributed by atoms with Crippen LogP contribution in [-0.2, 0) is 4.79 Å². The second-order valence-electron chi connectivity index (χ2n) is 4.02. The molecular formula is C12H19N3O3. The fraction of sp³-hybridized carbons (Fsp3) is 0.583. The van der Waals surface area contributed by atoms with Crippen molar-refractivity contribution >= 4 is 11.9 Å². The number of carboxylic acids is 1. The van der Waals surface area contributed by atoms with Gasteiger partial charge in [0.2, 0.25) is 11.8 Å². The number of hydrogen-bond donors (Lipinski definition) is 2. The van der Waals surface area contributed by atoms with Crippen LogP contribution >= 0.6 is 0 Å². The van der Waals surface area contributed by atoms with Gasteiger partial charge in [0.15, 0.2) is 0 Å². The van der Waals surface area contributed by atoms with Crippen molar-refractivity contribution in [1.29, 1.82) is 0 Å². The largest absolute Gasteiger partial charge is 0.481 e. The molecule has 0 aliphatic rings. The van der Waals surface area contributed by atoms with Crippen LogP contribution in [0.25, 0.3) is 0 Å². The molecule has 2 N–H and O–H groups in total. The van der Waals surface area contributed by atoms with Crippen molar-refractivity contribution in [3.05, 3.63) is 12.3 Å². The second kappa shape index (κ2) is 7.47. The maximum absolute atomic E-state index is 10.6. The zero-order chi connectivity index (χ0) is 13.4. The average Bonchev–Trinajstić information content (AvgIpc) is 2.36. The molecule has 1 aromatic rings. The summed E-state index contributed by atoms with van der Waals surface area (Å²) in [5.74, 6) is -0.184. The number of rotatable bonds is 8. The van der Waals surface area contributed by atoms with E-state index in [1.807, 2.05) is 6.92 Å². The van der Waals surface area contributed by atoms with Gasteiger partial charge in [0.1, 0.15) is 0 Å². The molecule has 0 aliphatic carbocycles. The highest BCUT2D eigenvalue weighted by molar-refractivity contribution is 5.69. The highest BCUT2D eigenvalue weighted by Crippen LogP contribution is 2.09. The second-order valence-corrected chi connectivity index (χ2v) is 4.02. The highest BCUT2D eigenvalue weighted by Gasteiger charge is 2.10. The van der Waals surface area contributed by atoms with Gasteiger partial charge in [-0.3, -0.25) is 4.79 Å². The van der Waals surface area contributed by atoms with Crippen LogP contribution in [0.15, 0.2) is 12.3 Å². The van der Waals surface area contributed by atoms with Gasteiger partial charge in [0, 0.05) is 18.8 Å². The summed E-state index contributed by atoms with van der Waals surface area (Å²) < 4.78 is 5.38. The Hall–Kier alpha value is -1.85. The molecule has 0 saturated carbocycles. The Labute approximate surface area is 106 Å². The first-order valence-corrected chi connectivity index (χ1v) is 6.06. The third-order valence-electron chi connectivity index (χ3n) is 2.37. The van der Waals surface area contributed by atoms with Gasteiger partial charge in [-0.1, -0.05) is 13.8 Å². The third-order valence-corrected chi connectivity index (χ3v) is 2.37. The van der Waals surface area contributed by atoms with Gasteiger partial charge in [-0.15, -0.1) is 0 Å². The summed E-state index contributed by atoms with van der Waals surface area (Å²) in [7, 11) is 0. The maximum Gasteiger partial charge on any atom is 0.306 e. The van der Waals surface area contributed by atoms with E-state index >= 15 is 0 Å². The van der Waals surface area contributed by atoms with Crippen molar-refractivity contribution in [2.75, 3.05) is 18.5 Å². The van der Waals surface area contributed by atoms with Crippen LogP contribution in [0.1, 0.15) is 26.7 Å². The third kappa shape index (κ3) is 4.99. The van der Waals surface area contributed by atoms with E-state index in [9.17, 15) is 4.79 Å². The predicted octanol–water partition coefficient (Wildman–Crippen LogP) is 1.79. The van der Waals surface area contributed by atoms with E-state index < -0.39 is 5.97 Å². The molecule has 100 valence electrons. The zero-order valence-corrected chi connectivity index (χ0v) is 10.7. The lowest BCUT2D eigenvalue weighted by molar-refractivity contribution is -0.141. The quantitative estimate of drug-likeness (QED) is 0.734. The van der Waals surface area contributed by atoms with E-state index in [4.69, 9.17) is 9.84 Å². The molecule has 0 aromatic carbocycles. The van der Waals surface area contributed by atoms with Crippen LogP contribution in [0.4, 0.5) is 5.95 Å². The van der Waals surface area contributed by atoms with E-state index in [-0.39, 0.29) is 5.92 Å². The molecule has 1 rings (SSSR count). The van der Waals surface area contributed by atoms with Crippen molar-refractivity contribution < 1.29 is 14.6 Å². The molecule has 1 aromatic heterocycles. The molecule has 6 nitrogen and oxygen atoms in total. The Bertz CT molecular complexity index is 385. The van der Waals surface area contributed by atoms with Gasteiger partial charge < -0.3 is 15.2 Å². The molecule has 18 heavy (non-hydrogen) atoms. The van der Waals surface area contributed by atoms with Crippen molar-refractivity contribution in [2.24, 2.45) is 5.92 Å². The van der Waals surface area contributed by atoms with Gasteiger partial charge in [0.25, 0.3) is 0 Å². The molecule has 0 fully saturated rings. The Balaban J connectivity index is 2.40. The maximum atomic E-state index is 10.6. The SMILES string of the molecule is CCCOc1ccnc(NCCC(C)C(=O)O)n1. The van der Waals surface area contributed by atoms with Crippen LogP contribution in [0.3, 0.4) is 0 Å². The van der Waals surface area contributed by atoms with Crippen molar-refractivity contribution in [2.45, 2.75) is 26.7 Å². The Kier molecular flexibility index (Phi) is 5.90. The number of nitrogens with zero attached hydrogens (tertiary/aromatic N) is 2. The predicted molar refractivity (Wildman–Crippen MR) is 67.7 cm³/mol. The van der Waals surface area contributed by atoms with Crippen LogP contribution in [0, 0.1) is 5.92 Å². The van der Waals surface area contributed by atoms with Gasteiger partial charge >= 0.3 is 5.97 Å². The van der Waals surface area contributed by atoms with Crippen LogP contribution in [-0.4, -0.2) is 34.2 Å². The highest BCUT2D eigenvalue weighted by atomic mass is 16.5. The van der Waals surface area contributed by atoms with Crippen LogP contribution in [0.5, 0.6) is 5.88 Å². The number of carbonyl (C=O) groups is 1. The topological polar surface area (TPSA) is 84.3 Å². The lowest BCUT2D eigenvalue weighted by atomic mass is 10.1. The molecule has 0 radical (unpaired) electrons. The Morgan fingerprint density at radius 2 is 2.39 bits per heavy atom. The molecule has 0 aliphatic heterocycles. The minimum Gasteiger partial charge on any atom is -0.481 e. The Morgan fingerprint density at radius 1 is 1.61 bits per heavy atom. The summed E-state index contributed by atoms with van der Waals surface area (Å²) in [5.41, 5.74) is 0. The smallest absolute Gasteiger partial charge is 0.306 e. The number of carboxylic acid groups (broad SMARTS) is 1. The minimum atomic E-state index is -0.794. The van der Waals surface area contributed by atoms with E-state index in [1.54, 1.807) is 19.2 Å². The lowest BCUT2D eigenvalue weighted by Gasteiger charge is -2.08. The standard InChI is InChI=1S/C12H19N3O3/c1-3-8-18-10-5-7-14-12(15-10)13-6-4-9(2)11(16)17/h5,7,9H,3-4,6,8H2,1-2H3,(H,16,17)(H,13,14,15). The molecule has 0 bridgehead atoms. The van der Waals surface area contributed by atoms with Gasteiger partial charge in [-0.25, -0.2) is 4.98 Å². The zero-order valence-electron chi connectivity index (χ0n) is 10.7.